The molecule has 0 saturated carbocycles. The van der Waals surface area contributed by atoms with Crippen LogP contribution in [0.4, 0.5) is 0 Å². The van der Waals surface area contributed by atoms with Crippen LogP contribution >= 0.6 is 10.7 Å². The van der Waals surface area contributed by atoms with Crippen molar-refractivity contribution in [3.05, 3.63) is 35.9 Å². The largest absolute Gasteiger partial charge is 0.296 e. The van der Waals surface area contributed by atoms with Gasteiger partial charge >= 0.3 is 0 Å². The van der Waals surface area contributed by atoms with Crippen molar-refractivity contribution in [3.63, 3.8) is 0 Å². The van der Waals surface area contributed by atoms with Gasteiger partial charge in [-0.3, -0.25) is 9.55 Å². The van der Waals surface area contributed by atoms with Crippen molar-refractivity contribution in [1.29, 1.82) is 0 Å². The van der Waals surface area contributed by atoms with Crippen LogP contribution < -0.4 is 0 Å². The number of hydrogen-bond acceptors (Lipinski definition) is 5. The Balaban J connectivity index is 2.34. The topological polar surface area (TPSA) is 77.7 Å². The summed E-state index contributed by atoms with van der Waals surface area (Å²) < 4.78 is 24.8. The van der Waals surface area contributed by atoms with Gasteiger partial charge in [0.2, 0.25) is 0 Å². The van der Waals surface area contributed by atoms with Gasteiger partial charge in [0.1, 0.15) is 5.82 Å². The van der Waals surface area contributed by atoms with Gasteiger partial charge in [0, 0.05) is 35.0 Å². The van der Waals surface area contributed by atoms with Crippen LogP contribution in [0.2, 0.25) is 0 Å². The molecule has 0 saturated heterocycles. The monoisotopic (exact) mass is 328 g/mol. The van der Waals surface area contributed by atoms with Gasteiger partial charge in [-0.05, 0) is 44.9 Å². The molecule has 114 valence electrons. The van der Waals surface area contributed by atoms with Crippen molar-refractivity contribution in [2.24, 2.45) is 0 Å². The van der Waals surface area contributed by atoms with Gasteiger partial charge in [-0.1, -0.05) is 0 Å². The van der Waals surface area contributed by atoms with Gasteiger partial charge in [-0.25, -0.2) is 8.42 Å². The summed E-state index contributed by atoms with van der Waals surface area (Å²) in [5.41, 5.74) is 0.623. The fourth-order valence-electron chi connectivity index (χ4n) is 2.10. The predicted molar refractivity (Wildman–Crippen MR) is 79.7 cm³/mol. The summed E-state index contributed by atoms with van der Waals surface area (Å²) in [5, 5.41) is 7.54. The number of hydrogen-bond donors (Lipinski definition) is 0. The summed E-state index contributed by atoms with van der Waals surface area (Å²) in [6, 6.07) is 3.83. The van der Waals surface area contributed by atoms with Crippen LogP contribution in [0.25, 0.3) is 0 Å². The Hall–Kier alpha value is -1.47. The molecule has 2 aromatic heterocycles. The van der Waals surface area contributed by atoms with Crippen molar-refractivity contribution in [1.82, 2.24) is 19.7 Å². The maximum Gasteiger partial charge on any atom is 0.296 e. The molecule has 2 aromatic rings. The summed E-state index contributed by atoms with van der Waals surface area (Å²) in [5.74, 6) is 0.596. The van der Waals surface area contributed by atoms with Crippen LogP contribution in [-0.4, -0.2) is 28.2 Å². The van der Waals surface area contributed by atoms with Crippen molar-refractivity contribution >= 4 is 19.7 Å². The van der Waals surface area contributed by atoms with E-state index in [0.29, 0.717) is 12.2 Å². The highest BCUT2D eigenvalue weighted by atomic mass is 35.7. The Bertz CT molecular complexity index is 720. The fraction of sp³-hybridized carbons (Fsp3) is 0.462. The Morgan fingerprint density at radius 2 is 1.76 bits per heavy atom. The van der Waals surface area contributed by atoms with Crippen LogP contribution in [0.15, 0.2) is 29.7 Å². The smallest absolute Gasteiger partial charge is 0.295 e. The Kier molecular flexibility index (Phi) is 4.34. The molecule has 0 aromatic carbocycles. The first kappa shape index (κ1) is 15.9. The third-order valence-electron chi connectivity index (χ3n) is 2.98. The average Bonchev–Trinajstić information content (AvgIpc) is 2.81. The molecular weight excluding hydrogens is 312 g/mol. The quantitative estimate of drug-likeness (QED) is 0.803. The highest BCUT2D eigenvalue weighted by Gasteiger charge is 2.29. The summed E-state index contributed by atoms with van der Waals surface area (Å²) in [7, 11) is 1.51. The zero-order chi connectivity index (χ0) is 15.7. The van der Waals surface area contributed by atoms with Crippen molar-refractivity contribution < 1.29 is 8.42 Å². The highest BCUT2D eigenvalue weighted by molar-refractivity contribution is 8.13. The number of rotatable bonds is 4. The molecule has 0 unspecified atom stereocenters. The van der Waals surface area contributed by atoms with Crippen molar-refractivity contribution in [2.75, 3.05) is 0 Å². The molecule has 0 N–H and O–H groups in total. The van der Waals surface area contributed by atoms with E-state index in [1.54, 1.807) is 17.0 Å². The van der Waals surface area contributed by atoms with E-state index < -0.39 is 14.6 Å². The second kappa shape index (κ2) is 5.73. The first-order valence-corrected chi connectivity index (χ1v) is 8.79. The third-order valence-corrected chi connectivity index (χ3v) is 4.09. The molecule has 0 fully saturated rings. The summed E-state index contributed by atoms with van der Waals surface area (Å²) in [6.07, 6.45) is 4.73. The number of aryl methyl sites for hydroxylation is 2. The molecule has 0 aliphatic carbocycles. The number of pyridine rings is 1. The van der Waals surface area contributed by atoms with Gasteiger partial charge in [0.15, 0.2) is 0 Å². The third kappa shape index (κ3) is 3.79. The van der Waals surface area contributed by atoms with E-state index in [2.05, 4.69) is 15.2 Å². The Labute approximate surface area is 128 Å². The van der Waals surface area contributed by atoms with E-state index in [1.165, 1.54) is 0 Å². The zero-order valence-corrected chi connectivity index (χ0v) is 13.7. The van der Waals surface area contributed by atoms with Crippen molar-refractivity contribution in [3.8, 4) is 0 Å². The molecule has 0 aliphatic heterocycles. The summed E-state index contributed by atoms with van der Waals surface area (Å²) in [6.45, 7) is 5.66. The molecule has 0 bridgehead atoms. The van der Waals surface area contributed by atoms with Gasteiger partial charge in [0.05, 0.1) is 0 Å². The van der Waals surface area contributed by atoms with Crippen LogP contribution in [0.1, 0.15) is 32.2 Å². The van der Waals surface area contributed by atoms with E-state index in [4.69, 9.17) is 10.7 Å². The number of aromatic nitrogens is 4. The first-order chi connectivity index (χ1) is 9.69. The van der Waals surface area contributed by atoms with Gasteiger partial charge < -0.3 is 0 Å². The van der Waals surface area contributed by atoms with Gasteiger partial charge in [-0.2, -0.15) is 0 Å². The molecule has 0 aliphatic rings. The SMILES string of the molecule is CC(C)(C)n1c(CCc2ccncc2)nnc1S(=O)(=O)Cl. The molecule has 2 rings (SSSR count). The number of nitrogens with zero attached hydrogens (tertiary/aromatic N) is 4. The zero-order valence-electron chi connectivity index (χ0n) is 12.1. The molecular formula is C13H17ClN4O2S. The second-order valence-electron chi connectivity index (χ2n) is 5.70. The molecule has 0 atom stereocenters. The summed E-state index contributed by atoms with van der Waals surface area (Å²) in [4.78, 5) is 3.96. The lowest BCUT2D eigenvalue weighted by molar-refractivity contribution is 0.350. The Morgan fingerprint density at radius 3 is 2.29 bits per heavy atom. The van der Waals surface area contributed by atoms with Crippen molar-refractivity contribution in [2.45, 2.75) is 44.3 Å². The number of halogens is 1. The van der Waals surface area contributed by atoms with E-state index in [9.17, 15) is 8.42 Å². The fourth-order valence-corrected chi connectivity index (χ4v) is 3.13. The summed E-state index contributed by atoms with van der Waals surface area (Å²) >= 11 is 0. The lowest BCUT2D eigenvalue weighted by Crippen LogP contribution is -2.27. The standard InChI is InChI=1S/C13H17ClN4O2S/c1-13(2,3)18-11(16-17-12(18)21(14,19)20)5-4-10-6-8-15-9-7-10/h6-9H,4-5H2,1-3H3. The molecule has 21 heavy (non-hydrogen) atoms. The lowest BCUT2D eigenvalue weighted by atomic mass is 10.1. The molecule has 8 heteroatoms. The maximum absolute atomic E-state index is 11.6. The highest BCUT2D eigenvalue weighted by Crippen LogP contribution is 2.24. The van der Waals surface area contributed by atoms with Crippen LogP contribution in [0, 0.1) is 0 Å². The van der Waals surface area contributed by atoms with E-state index >= 15 is 0 Å². The second-order valence-corrected chi connectivity index (χ2v) is 8.16. The predicted octanol–water partition coefficient (Wildman–Crippen LogP) is 2.14. The molecule has 0 amide bonds. The average molecular weight is 329 g/mol. The minimum Gasteiger partial charge on any atom is -0.295 e. The Morgan fingerprint density at radius 1 is 1.14 bits per heavy atom. The van der Waals surface area contributed by atoms with Gasteiger partial charge in [0.25, 0.3) is 14.2 Å². The van der Waals surface area contributed by atoms with Crippen LogP contribution in [0.5, 0.6) is 0 Å². The minimum absolute atomic E-state index is 0.207. The normalized spacial score (nSPS) is 12.6. The van der Waals surface area contributed by atoms with E-state index in [-0.39, 0.29) is 5.16 Å². The molecule has 2 heterocycles. The first-order valence-electron chi connectivity index (χ1n) is 6.48. The molecule has 6 nitrogen and oxygen atoms in total. The van der Waals surface area contributed by atoms with E-state index in [0.717, 1.165) is 12.0 Å². The van der Waals surface area contributed by atoms with Crippen LogP contribution in [0.3, 0.4) is 0 Å². The van der Waals surface area contributed by atoms with E-state index in [1.807, 2.05) is 32.9 Å². The maximum atomic E-state index is 11.6. The van der Waals surface area contributed by atoms with Gasteiger partial charge in [-0.15, -0.1) is 10.2 Å². The van der Waals surface area contributed by atoms with Crippen LogP contribution in [-0.2, 0) is 27.4 Å². The molecule has 0 spiro atoms. The minimum atomic E-state index is -3.93. The molecule has 0 radical (unpaired) electrons. The lowest BCUT2D eigenvalue weighted by Gasteiger charge is -2.24.